The minimum atomic E-state index is -0.524. The SMILES string of the molecule is CC(C)Sc1cc([N+](=O)[O-])ccc1F. The Morgan fingerprint density at radius 3 is 2.64 bits per heavy atom. The molecule has 0 aromatic heterocycles. The van der Waals surface area contributed by atoms with Gasteiger partial charge in [-0.25, -0.2) is 4.39 Å². The molecule has 0 atom stereocenters. The largest absolute Gasteiger partial charge is 0.270 e. The molecule has 0 N–H and O–H groups in total. The first-order valence-electron chi connectivity index (χ1n) is 4.11. The maximum absolute atomic E-state index is 13.1. The van der Waals surface area contributed by atoms with E-state index in [0.29, 0.717) is 4.90 Å². The first-order valence-corrected chi connectivity index (χ1v) is 4.99. The average Bonchev–Trinajstić information content (AvgIpc) is 2.07. The molecule has 0 aliphatic rings. The average molecular weight is 215 g/mol. The van der Waals surface area contributed by atoms with E-state index < -0.39 is 10.7 Å². The molecule has 0 aliphatic heterocycles. The summed E-state index contributed by atoms with van der Waals surface area (Å²) in [5, 5.41) is 10.6. The van der Waals surface area contributed by atoms with Gasteiger partial charge < -0.3 is 0 Å². The van der Waals surface area contributed by atoms with E-state index in [9.17, 15) is 14.5 Å². The highest BCUT2D eigenvalue weighted by Crippen LogP contribution is 2.28. The van der Waals surface area contributed by atoms with Crippen LogP contribution < -0.4 is 0 Å². The van der Waals surface area contributed by atoms with Gasteiger partial charge in [0, 0.05) is 17.4 Å². The summed E-state index contributed by atoms with van der Waals surface area (Å²) in [4.78, 5) is 10.2. The monoisotopic (exact) mass is 215 g/mol. The summed E-state index contributed by atoms with van der Waals surface area (Å²) in [5.41, 5.74) is -0.0745. The number of halogens is 1. The minimum absolute atomic E-state index is 0.0745. The standard InChI is InChI=1S/C9H10FNO2S/c1-6(2)14-9-5-7(11(12)13)3-4-8(9)10/h3-6H,1-2H3. The molecule has 0 bridgehead atoms. The highest BCUT2D eigenvalue weighted by Gasteiger charge is 2.11. The molecule has 76 valence electrons. The number of hydrogen-bond acceptors (Lipinski definition) is 3. The molecule has 1 rings (SSSR count). The zero-order valence-corrected chi connectivity index (χ0v) is 8.68. The normalized spacial score (nSPS) is 10.6. The van der Waals surface area contributed by atoms with E-state index in [-0.39, 0.29) is 10.9 Å². The minimum Gasteiger partial charge on any atom is -0.258 e. The molecular weight excluding hydrogens is 205 g/mol. The molecule has 0 amide bonds. The van der Waals surface area contributed by atoms with Crippen molar-refractivity contribution in [3.05, 3.63) is 34.1 Å². The summed E-state index contributed by atoms with van der Waals surface area (Å²) in [7, 11) is 0. The van der Waals surface area contributed by atoms with Gasteiger partial charge in [0.15, 0.2) is 0 Å². The summed E-state index contributed by atoms with van der Waals surface area (Å²) in [6.45, 7) is 3.81. The van der Waals surface area contributed by atoms with E-state index in [1.807, 2.05) is 13.8 Å². The number of thioether (sulfide) groups is 1. The van der Waals surface area contributed by atoms with Gasteiger partial charge in [0.05, 0.1) is 9.82 Å². The highest BCUT2D eigenvalue weighted by molar-refractivity contribution is 7.99. The Bertz CT molecular complexity index is 355. The Labute approximate surface area is 85.5 Å². The van der Waals surface area contributed by atoms with Gasteiger partial charge >= 0.3 is 0 Å². The van der Waals surface area contributed by atoms with Crippen LogP contribution in [0, 0.1) is 15.9 Å². The predicted octanol–water partition coefficient (Wildman–Crippen LogP) is 3.23. The molecule has 0 aliphatic carbocycles. The van der Waals surface area contributed by atoms with Gasteiger partial charge in [0.2, 0.25) is 0 Å². The summed E-state index contributed by atoms with van der Waals surface area (Å²) in [5.74, 6) is -0.408. The zero-order chi connectivity index (χ0) is 10.7. The second kappa shape index (κ2) is 4.41. The number of benzene rings is 1. The third kappa shape index (κ3) is 2.70. The molecule has 0 saturated heterocycles. The number of non-ortho nitro benzene ring substituents is 1. The van der Waals surface area contributed by atoms with Gasteiger partial charge in [0.1, 0.15) is 5.82 Å². The van der Waals surface area contributed by atoms with Crippen LogP contribution in [-0.4, -0.2) is 10.2 Å². The van der Waals surface area contributed by atoms with Crippen LogP contribution in [0.25, 0.3) is 0 Å². The Hall–Kier alpha value is -1.10. The van der Waals surface area contributed by atoms with Crippen molar-refractivity contribution in [2.24, 2.45) is 0 Å². The molecule has 0 unspecified atom stereocenters. The van der Waals surface area contributed by atoms with Crippen LogP contribution in [0.2, 0.25) is 0 Å². The van der Waals surface area contributed by atoms with Crippen LogP contribution in [-0.2, 0) is 0 Å². The molecule has 5 heteroatoms. The predicted molar refractivity (Wildman–Crippen MR) is 54.0 cm³/mol. The van der Waals surface area contributed by atoms with Crippen LogP contribution in [0.3, 0.4) is 0 Å². The molecular formula is C9H10FNO2S. The second-order valence-electron chi connectivity index (χ2n) is 3.04. The van der Waals surface area contributed by atoms with Gasteiger partial charge in [0.25, 0.3) is 5.69 Å². The maximum atomic E-state index is 13.1. The van der Waals surface area contributed by atoms with Crippen LogP contribution >= 0.6 is 11.8 Å². The van der Waals surface area contributed by atoms with Crippen molar-refractivity contribution < 1.29 is 9.31 Å². The van der Waals surface area contributed by atoms with E-state index in [1.165, 1.54) is 23.9 Å². The fraction of sp³-hybridized carbons (Fsp3) is 0.333. The molecule has 14 heavy (non-hydrogen) atoms. The molecule has 0 fully saturated rings. The molecule has 1 aromatic carbocycles. The van der Waals surface area contributed by atoms with Gasteiger partial charge in [-0.05, 0) is 6.07 Å². The Kier molecular flexibility index (Phi) is 3.46. The van der Waals surface area contributed by atoms with Crippen LogP contribution in [0.1, 0.15) is 13.8 Å². The fourth-order valence-corrected chi connectivity index (χ4v) is 1.83. The summed E-state index contributed by atoms with van der Waals surface area (Å²) >= 11 is 1.28. The second-order valence-corrected chi connectivity index (χ2v) is 4.66. The molecule has 0 spiro atoms. The number of hydrogen-bond donors (Lipinski definition) is 0. The highest BCUT2D eigenvalue weighted by atomic mass is 32.2. The van der Waals surface area contributed by atoms with E-state index >= 15 is 0 Å². The van der Waals surface area contributed by atoms with Crippen molar-refractivity contribution in [3.63, 3.8) is 0 Å². The first-order chi connectivity index (χ1) is 6.50. The van der Waals surface area contributed by atoms with Gasteiger partial charge in [-0.1, -0.05) is 13.8 Å². The molecule has 1 aromatic rings. The number of rotatable bonds is 3. The summed E-state index contributed by atoms with van der Waals surface area (Å²) in [6, 6.07) is 3.56. The van der Waals surface area contributed by atoms with E-state index in [2.05, 4.69) is 0 Å². The van der Waals surface area contributed by atoms with Crippen molar-refractivity contribution in [2.45, 2.75) is 24.0 Å². The molecule has 0 heterocycles. The lowest BCUT2D eigenvalue weighted by Gasteiger charge is -2.05. The Morgan fingerprint density at radius 2 is 2.14 bits per heavy atom. The van der Waals surface area contributed by atoms with E-state index in [1.54, 1.807) is 0 Å². The third-order valence-corrected chi connectivity index (χ3v) is 2.53. The lowest BCUT2D eigenvalue weighted by Crippen LogP contribution is -1.93. The van der Waals surface area contributed by atoms with Gasteiger partial charge in [-0.15, -0.1) is 11.8 Å². The van der Waals surface area contributed by atoms with Crippen LogP contribution in [0.4, 0.5) is 10.1 Å². The fourth-order valence-electron chi connectivity index (χ4n) is 0.950. The van der Waals surface area contributed by atoms with Crippen molar-refractivity contribution >= 4 is 17.4 Å². The quantitative estimate of drug-likeness (QED) is 0.441. The molecule has 3 nitrogen and oxygen atoms in total. The van der Waals surface area contributed by atoms with Crippen molar-refractivity contribution in [1.29, 1.82) is 0 Å². The topological polar surface area (TPSA) is 43.1 Å². The number of nitrogens with zero attached hydrogens (tertiary/aromatic N) is 1. The number of nitro benzene ring substituents is 1. The Balaban J connectivity index is 3.02. The first kappa shape index (κ1) is 11.0. The Morgan fingerprint density at radius 1 is 1.50 bits per heavy atom. The van der Waals surface area contributed by atoms with Crippen molar-refractivity contribution in [1.82, 2.24) is 0 Å². The van der Waals surface area contributed by atoms with Gasteiger partial charge in [-0.3, -0.25) is 10.1 Å². The summed E-state index contributed by atoms with van der Waals surface area (Å²) in [6.07, 6.45) is 0. The smallest absolute Gasteiger partial charge is 0.258 e. The molecule has 0 radical (unpaired) electrons. The van der Waals surface area contributed by atoms with Crippen LogP contribution in [0.5, 0.6) is 0 Å². The third-order valence-electron chi connectivity index (χ3n) is 1.49. The van der Waals surface area contributed by atoms with Crippen LogP contribution in [0.15, 0.2) is 23.1 Å². The van der Waals surface area contributed by atoms with Crippen molar-refractivity contribution in [2.75, 3.05) is 0 Å². The lowest BCUT2D eigenvalue weighted by atomic mass is 10.3. The van der Waals surface area contributed by atoms with E-state index in [4.69, 9.17) is 0 Å². The van der Waals surface area contributed by atoms with Crippen molar-refractivity contribution in [3.8, 4) is 0 Å². The van der Waals surface area contributed by atoms with Gasteiger partial charge in [-0.2, -0.15) is 0 Å². The zero-order valence-electron chi connectivity index (χ0n) is 7.86. The molecule has 0 saturated carbocycles. The number of nitro groups is 1. The maximum Gasteiger partial charge on any atom is 0.270 e. The van der Waals surface area contributed by atoms with E-state index in [0.717, 1.165) is 6.07 Å². The summed E-state index contributed by atoms with van der Waals surface area (Å²) < 4.78 is 13.1. The lowest BCUT2D eigenvalue weighted by molar-refractivity contribution is -0.385.